The number of para-hydroxylation sites is 1. The van der Waals surface area contributed by atoms with Crippen LogP contribution in [0.2, 0.25) is 0 Å². The monoisotopic (exact) mass is 377 g/mol. The fourth-order valence-corrected chi connectivity index (χ4v) is 1.88. The van der Waals surface area contributed by atoms with Crippen molar-refractivity contribution in [1.29, 1.82) is 0 Å². The Kier molecular flexibility index (Phi) is 13.5. The number of hydrogen-bond acceptors (Lipinski definition) is 5. The van der Waals surface area contributed by atoms with Gasteiger partial charge >= 0.3 is 5.97 Å². The predicted molar refractivity (Wildman–Crippen MR) is 108 cm³/mol. The Labute approximate surface area is 163 Å². The Balaban J connectivity index is 0.000000574. The van der Waals surface area contributed by atoms with E-state index in [-0.39, 0.29) is 11.9 Å². The van der Waals surface area contributed by atoms with Crippen LogP contribution in [0, 0.1) is 11.8 Å². The van der Waals surface area contributed by atoms with Crippen molar-refractivity contribution in [2.75, 3.05) is 6.61 Å². The van der Waals surface area contributed by atoms with Crippen LogP contribution in [0.3, 0.4) is 0 Å². The zero-order valence-electron chi connectivity index (χ0n) is 17.8. The molecule has 0 amide bonds. The van der Waals surface area contributed by atoms with Crippen molar-refractivity contribution in [2.45, 2.75) is 61.6 Å². The lowest BCUT2D eigenvalue weighted by Gasteiger charge is -2.04. The number of nitrogens with zero attached hydrogens (tertiary/aromatic N) is 3. The molecule has 1 aromatic carbocycles. The van der Waals surface area contributed by atoms with Gasteiger partial charge in [-0.2, -0.15) is 0 Å². The van der Waals surface area contributed by atoms with E-state index in [1.807, 2.05) is 64.2 Å². The Hall–Kier alpha value is -2.37. The lowest BCUT2D eigenvalue weighted by Crippen LogP contribution is -2.10. The van der Waals surface area contributed by atoms with E-state index >= 15 is 0 Å². The molecule has 0 bridgehead atoms. The van der Waals surface area contributed by atoms with Crippen LogP contribution < -0.4 is 4.74 Å². The van der Waals surface area contributed by atoms with Crippen LogP contribution in [-0.2, 0) is 22.7 Å². The highest BCUT2D eigenvalue weighted by Gasteiger charge is 2.05. The lowest BCUT2D eigenvalue weighted by atomic mass is 10.1. The summed E-state index contributed by atoms with van der Waals surface area (Å²) in [6, 6.07) is 9.70. The molecule has 0 spiro atoms. The highest BCUT2D eigenvalue weighted by molar-refractivity contribution is 5.71. The quantitative estimate of drug-likeness (QED) is 0.652. The second-order valence-corrected chi connectivity index (χ2v) is 6.34. The second kappa shape index (κ2) is 14.8. The van der Waals surface area contributed by atoms with Gasteiger partial charge in [0.1, 0.15) is 5.75 Å². The summed E-state index contributed by atoms with van der Waals surface area (Å²) in [5.41, 5.74) is 1.01. The highest BCUT2D eigenvalue weighted by Crippen LogP contribution is 2.09. The maximum absolute atomic E-state index is 10.5. The first-order valence-electron chi connectivity index (χ1n) is 9.65. The van der Waals surface area contributed by atoms with Crippen molar-refractivity contribution in [3.8, 4) is 5.75 Å². The summed E-state index contributed by atoms with van der Waals surface area (Å²) in [6.07, 6.45) is 2.88. The van der Waals surface area contributed by atoms with Gasteiger partial charge in [-0.25, -0.2) is 4.68 Å². The van der Waals surface area contributed by atoms with E-state index in [4.69, 9.17) is 4.74 Å². The summed E-state index contributed by atoms with van der Waals surface area (Å²) in [6.45, 7) is 14.7. The summed E-state index contributed by atoms with van der Waals surface area (Å²) in [7, 11) is 0. The van der Waals surface area contributed by atoms with E-state index in [2.05, 4.69) is 28.9 Å². The lowest BCUT2D eigenvalue weighted by molar-refractivity contribution is -0.146. The summed E-state index contributed by atoms with van der Waals surface area (Å²) in [5.74, 6) is 1.33. The van der Waals surface area contributed by atoms with Gasteiger partial charge in [-0.15, -0.1) is 5.10 Å². The minimum Gasteiger partial charge on any atom is -0.471 e. The van der Waals surface area contributed by atoms with E-state index in [1.165, 1.54) is 0 Å². The molecule has 152 valence electrons. The van der Waals surface area contributed by atoms with Crippen LogP contribution in [-0.4, -0.2) is 27.6 Å². The van der Waals surface area contributed by atoms with E-state index in [9.17, 15) is 4.79 Å². The van der Waals surface area contributed by atoms with Gasteiger partial charge in [0, 0.05) is 0 Å². The number of ether oxygens (including phenoxy) is 2. The largest absolute Gasteiger partial charge is 0.471 e. The SMILES string of the molecule is CC.CC(C)Cc1cn(COc2ccccc2)nn1.CCOC(=O)C(C)C. The van der Waals surface area contributed by atoms with Gasteiger partial charge in [-0.05, 0) is 31.4 Å². The molecule has 6 heteroatoms. The predicted octanol–water partition coefficient (Wildman–Crippen LogP) is 4.74. The third-order valence-electron chi connectivity index (χ3n) is 3.07. The average Bonchev–Trinajstić information content (AvgIpc) is 3.10. The third-order valence-corrected chi connectivity index (χ3v) is 3.07. The van der Waals surface area contributed by atoms with E-state index in [0.29, 0.717) is 19.3 Å². The smallest absolute Gasteiger partial charge is 0.308 e. The number of hydrogen-bond donors (Lipinski definition) is 0. The maximum atomic E-state index is 10.5. The summed E-state index contributed by atoms with van der Waals surface area (Å²) in [4.78, 5) is 10.5. The molecule has 0 saturated carbocycles. The fraction of sp³-hybridized carbons (Fsp3) is 0.571. The van der Waals surface area contributed by atoms with E-state index in [1.54, 1.807) is 11.6 Å². The topological polar surface area (TPSA) is 66.2 Å². The minimum atomic E-state index is -0.118. The van der Waals surface area contributed by atoms with Crippen LogP contribution >= 0.6 is 0 Å². The van der Waals surface area contributed by atoms with Crippen molar-refractivity contribution >= 4 is 5.97 Å². The molecule has 1 heterocycles. The van der Waals surface area contributed by atoms with Crippen LogP contribution in [0.1, 0.15) is 54.2 Å². The first-order valence-corrected chi connectivity index (χ1v) is 9.65. The zero-order valence-corrected chi connectivity index (χ0v) is 17.8. The van der Waals surface area contributed by atoms with Gasteiger partial charge < -0.3 is 9.47 Å². The molecule has 27 heavy (non-hydrogen) atoms. The molecule has 0 aliphatic carbocycles. The van der Waals surface area contributed by atoms with Gasteiger partial charge in [-0.1, -0.05) is 65.0 Å². The number of carbonyl (C=O) groups excluding carboxylic acids is 1. The molecule has 6 nitrogen and oxygen atoms in total. The van der Waals surface area contributed by atoms with Crippen molar-refractivity contribution < 1.29 is 14.3 Å². The van der Waals surface area contributed by atoms with Gasteiger partial charge in [0.05, 0.1) is 24.4 Å². The normalized spacial score (nSPS) is 9.81. The number of benzene rings is 1. The Morgan fingerprint density at radius 2 is 1.74 bits per heavy atom. The summed E-state index contributed by atoms with van der Waals surface area (Å²) in [5, 5.41) is 8.13. The number of esters is 1. The van der Waals surface area contributed by atoms with Crippen molar-refractivity contribution in [3.05, 3.63) is 42.2 Å². The highest BCUT2D eigenvalue weighted by atomic mass is 16.5. The minimum absolute atomic E-state index is 0.00921. The molecule has 0 aliphatic heterocycles. The number of aromatic nitrogens is 3. The molecular weight excluding hydrogens is 342 g/mol. The van der Waals surface area contributed by atoms with Crippen LogP contribution in [0.4, 0.5) is 0 Å². The van der Waals surface area contributed by atoms with Gasteiger partial charge in [-0.3, -0.25) is 4.79 Å². The van der Waals surface area contributed by atoms with Crippen LogP contribution in [0.25, 0.3) is 0 Å². The molecule has 2 rings (SSSR count). The first-order chi connectivity index (χ1) is 12.9. The van der Waals surface area contributed by atoms with Gasteiger partial charge in [0.25, 0.3) is 0 Å². The Morgan fingerprint density at radius 3 is 2.22 bits per heavy atom. The average molecular weight is 378 g/mol. The summed E-state index contributed by atoms with van der Waals surface area (Å²) < 4.78 is 11.9. The Bertz CT molecular complexity index is 610. The molecule has 0 aliphatic rings. The standard InChI is InChI=1S/C13H17N3O.C6H12O2.C2H6/c1-11(2)8-12-9-16(15-14-12)10-17-13-6-4-3-5-7-13;1-4-8-6(7)5(2)3;1-2/h3-7,9,11H,8,10H2,1-2H3;5H,4H2,1-3H3;1-2H3. The zero-order chi connectivity index (χ0) is 20.7. The molecule has 0 fully saturated rings. The molecule has 2 aromatic rings. The fourth-order valence-electron chi connectivity index (χ4n) is 1.88. The second-order valence-electron chi connectivity index (χ2n) is 6.34. The molecule has 1 aromatic heterocycles. The third kappa shape index (κ3) is 11.8. The van der Waals surface area contributed by atoms with E-state index in [0.717, 1.165) is 17.9 Å². The summed E-state index contributed by atoms with van der Waals surface area (Å²) >= 11 is 0. The van der Waals surface area contributed by atoms with Crippen molar-refractivity contribution in [2.24, 2.45) is 11.8 Å². The number of carbonyl (C=O) groups is 1. The molecule has 0 unspecified atom stereocenters. The van der Waals surface area contributed by atoms with Gasteiger partial charge in [0.15, 0.2) is 6.73 Å². The van der Waals surface area contributed by atoms with Crippen molar-refractivity contribution in [3.63, 3.8) is 0 Å². The Morgan fingerprint density at radius 1 is 1.11 bits per heavy atom. The molecular formula is C21H35N3O3. The maximum Gasteiger partial charge on any atom is 0.308 e. The van der Waals surface area contributed by atoms with Gasteiger partial charge in [0.2, 0.25) is 0 Å². The first kappa shape index (κ1) is 24.6. The molecule has 0 saturated heterocycles. The molecule has 0 atom stereocenters. The van der Waals surface area contributed by atoms with Crippen molar-refractivity contribution in [1.82, 2.24) is 15.0 Å². The van der Waals surface area contributed by atoms with E-state index < -0.39 is 0 Å². The van der Waals surface area contributed by atoms with Crippen LogP contribution in [0.15, 0.2) is 36.5 Å². The molecule has 0 N–H and O–H groups in total. The molecule has 0 radical (unpaired) electrons. The number of rotatable bonds is 7. The van der Waals surface area contributed by atoms with Crippen LogP contribution in [0.5, 0.6) is 5.75 Å².